The molecule has 6 nitrogen and oxygen atoms in total. The number of anilines is 2. The quantitative estimate of drug-likeness (QED) is 0.359. The largest absolute Gasteiger partial charge is 0.497 e. The van der Waals surface area contributed by atoms with Crippen molar-refractivity contribution >= 4 is 23.1 Å². The highest BCUT2D eigenvalue weighted by Crippen LogP contribution is 2.21. The second kappa shape index (κ2) is 10.9. The lowest BCUT2D eigenvalue weighted by Crippen LogP contribution is -2.50. The summed E-state index contributed by atoms with van der Waals surface area (Å²) in [5.74, 6) is -0.648. The van der Waals surface area contributed by atoms with E-state index in [1.54, 1.807) is 68.6 Å². The van der Waals surface area contributed by atoms with E-state index >= 15 is 0 Å². The highest BCUT2D eigenvalue weighted by atomic mass is 19.1. The van der Waals surface area contributed by atoms with Gasteiger partial charge in [-0.2, -0.15) is 0 Å². The Balaban J connectivity index is 1.98. The molecule has 2 N–H and O–H groups in total. The van der Waals surface area contributed by atoms with Gasteiger partial charge in [0.15, 0.2) is 11.8 Å². The van der Waals surface area contributed by atoms with E-state index in [1.807, 2.05) is 0 Å². The van der Waals surface area contributed by atoms with Gasteiger partial charge in [-0.1, -0.05) is 30.3 Å². The van der Waals surface area contributed by atoms with E-state index in [0.29, 0.717) is 22.7 Å². The normalized spacial score (nSPS) is 12.3. The Labute approximate surface area is 186 Å². The third-order valence-corrected chi connectivity index (χ3v) is 4.79. The van der Waals surface area contributed by atoms with Crippen molar-refractivity contribution in [1.82, 2.24) is 0 Å². The van der Waals surface area contributed by atoms with E-state index < -0.39 is 23.9 Å². The van der Waals surface area contributed by atoms with Gasteiger partial charge in [-0.15, -0.1) is 0 Å². The van der Waals surface area contributed by atoms with Crippen LogP contribution in [0.5, 0.6) is 5.75 Å². The molecule has 0 bridgehead atoms. The monoisotopic (exact) mass is 436 g/mol. The van der Waals surface area contributed by atoms with E-state index in [4.69, 9.17) is 9.47 Å². The molecule has 3 rings (SSSR count). The number of methoxy groups -OCH3 is 1. The van der Waals surface area contributed by atoms with Gasteiger partial charge in [0.1, 0.15) is 17.6 Å². The zero-order valence-corrected chi connectivity index (χ0v) is 17.9. The molecule has 2 atom stereocenters. The average Bonchev–Trinajstić information content (AvgIpc) is 2.83. The Morgan fingerprint density at radius 1 is 0.844 bits per heavy atom. The number of halogens is 1. The number of ketones is 1. The number of carbonyl (C=O) groups excluding carboxylic acids is 2. The van der Waals surface area contributed by atoms with Gasteiger partial charge < -0.3 is 20.1 Å². The average molecular weight is 436 g/mol. The maximum atomic E-state index is 13.5. The van der Waals surface area contributed by atoms with E-state index in [0.717, 1.165) is 0 Å². The molecule has 1 unspecified atom stereocenters. The molecular formula is C25H25FN2O4. The molecule has 0 radical (unpaired) electrons. The van der Waals surface area contributed by atoms with Crippen LogP contribution in [0.2, 0.25) is 0 Å². The summed E-state index contributed by atoms with van der Waals surface area (Å²) in [7, 11) is 1.56. The molecule has 3 aromatic rings. The summed E-state index contributed by atoms with van der Waals surface area (Å²) >= 11 is 0. The number of rotatable bonds is 10. The first-order chi connectivity index (χ1) is 15.5. The fourth-order valence-electron chi connectivity index (χ4n) is 3.19. The van der Waals surface area contributed by atoms with Gasteiger partial charge >= 0.3 is 5.97 Å². The second-order valence-electron chi connectivity index (χ2n) is 6.96. The number of nitrogens with one attached hydrogen (secondary N) is 2. The van der Waals surface area contributed by atoms with Crippen molar-refractivity contribution in [2.75, 3.05) is 24.4 Å². The topological polar surface area (TPSA) is 76.7 Å². The molecule has 0 aliphatic heterocycles. The first-order valence-corrected chi connectivity index (χ1v) is 10.2. The fraction of sp³-hybridized carbons (Fsp3) is 0.200. The molecule has 0 aliphatic rings. The standard InChI is InChI=1S/C25H25FN2O4/c1-3-32-25(30)23(28-20-13-15-21(31-2)16-14-20)22(24(29)17-7-5-4-6-8-17)27-19-11-9-18(26)10-12-19/h4-16,22-23,27-28H,3H2,1-2H3/t22?,23-/m1/s1. The lowest BCUT2D eigenvalue weighted by molar-refractivity contribution is -0.144. The minimum absolute atomic E-state index is 0.155. The van der Waals surface area contributed by atoms with Crippen LogP contribution in [0.15, 0.2) is 78.9 Å². The summed E-state index contributed by atoms with van der Waals surface area (Å²) in [5, 5.41) is 6.19. The van der Waals surface area contributed by atoms with Crippen molar-refractivity contribution < 1.29 is 23.5 Å². The van der Waals surface area contributed by atoms with Crippen LogP contribution < -0.4 is 15.4 Å². The number of carbonyl (C=O) groups is 2. The van der Waals surface area contributed by atoms with Gasteiger partial charge in [0.05, 0.1) is 13.7 Å². The van der Waals surface area contributed by atoms with E-state index in [-0.39, 0.29) is 12.4 Å². The Kier molecular flexibility index (Phi) is 7.80. The maximum absolute atomic E-state index is 13.5. The fourth-order valence-corrected chi connectivity index (χ4v) is 3.19. The van der Waals surface area contributed by atoms with Crippen molar-refractivity contribution in [2.45, 2.75) is 19.0 Å². The van der Waals surface area contributed by atoms with Gasteiger partial charge in [-0.3, -0.25) is 4.79 Å². The molecule has 0 aliphatic carbocycles. The number of Topliss-reactive ketones (excluding diaryl/α,β-unsaturated/α-hetero) is 1. The zero-order valence-electron chi connectivity index (χ0n) is 17.9. The highest BCUT2D eigenvalue weighted by molar-refractivity contribution is 6.05. The van der Waals surface area contributed by atoms with Crippen LogP contribution in [0, 0.1) is 5.82 Å². The molecule has 0 saturated heterocycles. The van der Waals surface area contributed by atoms with Crippen molar-refractivity contribution in [2.24, 2.45) is 0 Å². The van der Waals surface area contributed by atoms with Crippen molar-refractivity contribution in [3.8, 4) is 5.75 Å². The predicted molar refractivity (Wildman–Crippen MR) is 122 cm³/mol. The summed E-state index contributed by atoms with van der Waals surface area (Å²) in [5.41, 5.74) is 1.53. The molecule has 32 heavy (non-hydrogen) atoms. The molecule has 0 fully saturated rings. The Morgan fingerprint density at radius 3 is 1.97 bits per heavy atom. The molecule has 0 heterocycles. The molecule has 166 valence electrons. The summed E-state index contributed by atoms with van der Waals surface area (Å²) in [6.07, 6.45) is 0. The third kappa shape index (κ3) is 5.85. The van der Waals surface area contributed by atoms with E-state index in [9.17, 15) is 14.0 Å². The van der Waals surface area contributed by atoms with Crippen LogP contribution in [0.25, 0.3) is 0 Å². The number of ether oxygens (including phenoxy) is 2. The Morgan fingerprint density at radius 2 is 1.41 bits per heavy atom. The van der Waals surface area contributed by atoms with Crippen LogP contribution in [0.3, 0.4) is 0 Å². The Bertz CT molecular complexity index is 1020. The van der Waals surface area contributed by atoms with Crippen LogP contribution in [-0.4, -0.2) is 37.6 Å². The van der Waals surface area contributed by atoms with Gasteiger partial charge in [0, 0.05) is 16.9 Å². The molecular weight excluding hydrogens is 411 g/mol. The molecule has 0 amide bonds. The minimum atomic E-state index is -1.05. The third-order valence-electron chi connectivity index (χ3n) is 4.79. The van der Waals surface area contributed by atoms with Gasteiger partial charge in [0.25, 0.3) is 0 Å². The predicted octanol–water partition coefficient (Wildman–Crippen LogP) is 4.54. The van der Waals surface area contributed by atoms with Crippen LogP contribution in [0.1, 0.15) is 17.3 Å². The minimum Gasteiger partial charge on any atom is -0.497 e. The molecule has 0 spiro atoms. The van der Waals surface area contributed by atoms with E-state index in [2.05, 4.69) is 10.6 Å². The number of hydrogen-bond donors (Lipinski definition) is 2. The smallest absolute Gasteiger partial charge is 0.331 e. The van der Waals surface area contributed by atoms with Crippen molar-refractivity contribution in [3.05, 3.63) is 90.2 Å². The number of benzene rings is 3. The summed E-state index contributed by atoms with van der Waals surface area (Å²) in [6.45, 7) is 1.85. The lowest BCUT2D eigenvalue weighted by Gasteiger charge is -2.28. The first-order valence-electron chi connectivity index (χ1n) is 10.2. The van der Waals surface area contributed by atoms with Gasteiger partial charge in [-0.05, 0) is 55.5 Å². The molecule has 0 saturated carbocycles. The molecule has 3 aromatic carbocycles. The van der Waals surface area contributed by atoms with Crippen LogP contribution >= 0.6 is 0 Å². The second-order valence-corrected chi connectivity index (χ2v) is 6.96. The first kappa shape index (κ1) is 22.8. The summed E-state index contributed by atoms with van der Waals surface area (Å²) < 4.78 is 23.8. The number of hydrogen-bond acceptors (Lipinski definition) is 6. The van der Waals surface area contributed by atoms with Gasteiger partial charge in [0.2, 0.25) is 0 Å². The summed E-state index contributed by atoms with van der Waals surface area (Å²) in [4.78, 5) is 26.4. The zero-order chi connectivity index (χ0) is 22.9. The number of esters is 1. The highest BCUT2D eigenvalue weighted by Gasteiger charge is 2.35. The maximum Gasteiger partial charge on any atom is 0.331 e. The summed E-state index contributed by atoms with van der Waals surface area (Å²) in [6, 6.07) is 19.1. The van der Waals surface area contributed by atoms with Crippen LogP contribution in [0.4, 0.5) is 15.8 Å². The molecule has 0 aromatic heterocycles. The van der Waals surface area contributed by atoms with Gasteiger partial charge in [-0.25, -0.2) is 9.18 Å². The Hall–Kier alpha value is -3.87. The van der Waals surface area contributed by atoms with Crippen molar-refractivity contribution in [1.29, 1.82) is 0 Å². The molecule has 7 heteroatoms. The van der Waals surface area contributed by atoms with Crippen LogP contribution in [-0.2, 0) is 9.53 Å². The SMILES string of the molecule is CCOC(=O)[C@H](Nc1ccc(OC)cc1)C(Nc1ccc(F)cc1)C(=O)c1ccccc1. The lowest BCUT2D eigenvalue weighted by atomic mass is 9.96. The van der Waals surface area contributed by atoms with Crippen molar-refractivity contribution in [3.63, 3.8) is 0 Å². The van der Waals surface area contributed by atoms with E-state index in [1.165, 1.54) is 24.3 Å².